The number of amides is 1. The maximum absolute atomic E-state index is 12.8. The van der Waals surface area contributed by atoms with Gasteiger partial charge in [0.1, 0.15) is 5.75 Å². The summed E-state index contributed by atoms with van der Waals surface area (Å²) in [6.45, 7) is 5.17. The molecule has 1 N–H and O–H groups in total. The van der Waals surface area contributed by atoms with Crippen LogP contribution in [-0.2, 0) is 20.9 Å². The molecule has 2 heterocycles. The minimum Gasteiger partial charge on any atom is -0.495 e. The molecule has 6 heteroatoms. The number of nitrogens with zero attached hydrogens (tertiary/aromatic N) is 1. The fourth-order valence-corrected chi connectivity index (χ4v) is 4.60. The first kappa shape index (κ1) is 21.8. The molecular weight excluding hydrogens is 392 g/mol. The molecule has 0 radical (unpaired) electrons. The number of rotatable bonds is 7. The average molecular weight is 425 g/mol. The summed E-state index contributed by atoms with van der Waals surface area (Å²) in [4.78, 5) is 14.9. The lowest BCUT2D eigenvalue weighted by Crippen LogP contribution is -2.57. The number of nitrogens with one attached hydrogen (secondary N) is 1. The molecule has 2 fully saturated rings. The highest BCUT2D eigenvalue weighted by molar-refractivity contribution is 5.93. The van der Waals surface area contributed by atoms with Gasteiger partial charge in [0.15, 0.2) is 0 Å². The lowest BCUT2D eigenvalue weighted by Gasteiger charge is -2.44. The lowest BCUT2D eigenvalue weighted by molar-refractivity contribution is -0.159. The van der Waals surface area contributed by atoms with Gasteiger partial charge in [-0.25, -0.2) is 0 Å². The van der Waals surface area contributed by atoms with Crippen molar-refractivity contribution in [3.8, 4) is 5.75 Å². The topological polar surface area (TPSA) is 60.0 Å². The highest BCUT2D eigenvalue weighted by Gasteiger charge is 2.47. The Balaban J connectivity index is 1.39. The minimum atomic E-state index is -0.221. The number of hydrogen-bond acceptors (Lipinski definition) is 5. The van der Waals surface area contributed by atoms with Crippen molar-refractivity contribution >= 4 is 11.6 Å². The van der Waals surface area contributed by atoms with Crippen molar-refractivity contribution in [1.82, 2.24) is 4.90 Å². The summed E-state index contributed by atoms with van der Waals surface area (Å²) >= 11 is 0. The summed E-state index contributed by atoms with van der Waals surface area (Å²) < 4.78 is 18.0. The van der Waals surface area contributed by atoms with Crippen molar-refractivity contribution in [3.63, 3.8) is 0 Å². The number of aryl methyl sites for hydroxylation is 1. The molecule has 2 aliphatic heterocycles. The number of carbonyl (C=O) groups excluding carboxylic acids is 1. The summed E-state index contributed by atoms with van der Waals surface area (Å²) in [5, 5.41) is 3.01. The van der Waals surface area contributed by atoms with Gasteiger partial charge in [-0.05, 0) is 49.4 Å². The Morgan fingerprint density at radius 1 is 1.23 bits per heavy atom. The molecule has 0 saturated carbocycles. The third kappa shape index (κ3) is 5.26. The van der Waals surface area contributed by atoms with Crippen LogP contribution in [0.1, 0.15) is 30.4 Å². The Kier molecular flexibility index (Phi) is 6.90. The number of hydrogen-bond donors (Lipinski definition) is 1. The van der Waals surface area contributed by atoms with Crippen molar-refractivity contribution in [2.24, 2.45) is 0 Å². The van der Waals surface area contributed by atoms with Gasteiger partial charge in [-0.3, -0.25) is 9.69 Å². The normalized spacial score (nSPS) is 23.7. The van der Waals surface area contributed by atoms with Crippen LogP contribution in [0.25, 0.3) is 0 Å². The van der Waals surface area contributed by atoms with Crippen LogP contribution in [-0.4, -0.2) is 55.9 Å². The Hall–Kier alpha value is -2.41. The highest BCUT2D eigenvalue weighted by atomic mass is 16.6. The van der Waals surface area contributed by atoms with E-state index in [9.17, 15) is 4.79 Å². The van der Waals surface area contributed by atoms with Crippen molar-refractivity contribution in [2.45, 2.75) is 44.5 Å². The third-order valence-corrected chi connectivity index (χ3v) is 6.29. The Morgan fingerprint density at radius 3 is 2.81 bits per heavy atom. The molecule has 0 aromatic heterocycles. The van der Waals surface area contributed by atoms with Gasteiger partial charge in [-0.15, -0.1) is 0 Å². The van der Waals surface area contributed by atoms with Crippen LogP contribution in [0.2, 0.25) is 0 Å². The second kappa shape index (κ2) is 9.81. The molecule has 0 bridgehead atoms. The van der Waals surface area contributed by atoms with E-state index in [0.717, 1.165) is 43.5 Å². The molecule has 2 saturated heterocycles. The van der Waals surface area contributed by atoms with E-state index in [2.05, 4.69) is 22.3 Å². The number of methoxy groups -OCH3 is 1. The molecule has 0 aliphatic carbocycles. The molecule has 2 atom stereocenters. The second-order valence-corrected chi connectivity index (χ2v) is 8.54. The van der Waals surface area contributed by atoms with Gasteiger partial charge in [-0.2, -0.15) is 0 Å². The van der Waals surface area contributed by atoms with Crippen LogP contribution in [0.5, 0.6) is 5.75 Å². The summed E-state index contributed by atoms with van der Waals surface area (Å²) in [6.07, 6.45) is 2.92. The quantitative estimate of drug-likeness (QED) is 0.733. The van der Waals surface area contributed by atoms with E-state index in [-0.39, 0.29) is 17.6 Å². The van der Waals surface area contributed by atoms with E-state index in [1.807, 2.05) is 43.3 Å². The number of ether oxygens (including phenoxy) is 3. The van der Waals surface area contributed by atoms with Crippen LogP contribution >= 0.6 is 0 Å². The summed E-state index contributed by atoms with van der Waals surface area (Å²) in [7, 11) is 1.61. The molecule has 1 spiro atoms. The van der Waals surface area contributed by atoms with Crippen LogP contribution in [0.4, 0.5) is 5.69 Å². The Bertz CT molecular complexity index is 880. The molecule has 0 unspecified atom stereocenters. The minimum absolute atomic E-state index is 0.0472. The van der Waals surface area contributed by atoms with E-state index in [1.165, 1.54) is 0 Å². The molecule has 1 amide bonds. The second-order valence-electron chi connectivity index (χ2n) is 8.54. The van der Waals surface area contributed by atoms with Crippen molar-refractivity contribution in [3.05, 3.63) is 59.7 Å². The summed E-state index contributed by atoms with van der Waals surface area (Å²) in [5.74, 6) is 0.619. The standard InChI is InChI=1S/C25H32N2O4/c1-19-9-10-22(29-2)21(15-19)26-24(28)17-27-13-12-25(11-6-14-31-25)23(16-27)30-18-20-7-4-3-5-8-20/h3-5,7-10,15,23H,6,11-14,16-18H2,1-2H3,(H,26,28)/t23-,25+/m1/s1. The number of benzene rings is 2. The van der Waals surface area contributed by atoms with Crippen LogP contribution in [0, 0.1) is 6.92 Å². The summed E-state index contributed by atoms with van der Waals surface area (Å²) in [5.41, 5.74) is 2.71. The van der Waals surface area contributed by atoms with Crippen molar-refractivity contribution in [1.29, 1.82) is 0 Å². The van der Waals surface area contributed by atoms with E-state index in [4.69, 9.17) is 14.2 Å². The van der Waals surface area contributed by atoms with E-state index >= 15 is 0 Å². The average Bonchev–Trinajstić information content (AvgIpc) is 3.24. The van der Waals surface area contributed by atoms with Crippen LogP contribution in [0.3, 0.4) is 0 Å². The van der Waals surface area contributed by atoms with Gasteiger partial charge < -0.3 is 19.5 Å². The van der Waals surface area contributed by atoms with E-state index < -0.39 is 0 Å². The molecular formula is C25H32N2O4. The Morgan fingerprint density at radius 2 is 2.06 bits per heavy atom. The lowest BCUT2D eigenvalue weighted by atomic mass is 9.85. The van der Waals surface area contributed by atoms with Crippen LogP contribution in [0.15, 0.2) is 48.5 Å². The molecule has 166 valence electrons. The largest absolute Gasteiger partial charge is 0.495 e. The zero-order chi connectivity index (χ0) is 21.7. The molecule has 4 rings (SSSR count). The number of likely N-dealkylation sites (tertiary alicyclic amines) is 1. The first-order valence-electron chi connectivity index (χ1n) is 11.0. The SMILES string of the molecule is COc1ccc(C)cc1NC(=O)CN1CC[C@@]2(CCCO2)[C@H](OCc2ccccc2)C1. The van der Waals surface area contributed by atoms with Gasteiger partial charge in [0.2, 0.25) is 5.91 Å². The van der Waals surface area contributed by atoms with Gasteiger partial charge in [-0.1, -0.05) is 36.4 Å². The predicted octanol–water partition coefficient (Wildman–Crippen LogP) is 3.78. The zero-order valence-corrected chi connectivity index (χ0v) is 18.4. The summed E-state index contributed by atoms with van der Waals surface area (Å²) in [6, 6.07) is 16.0. The maximum atomic E-state index is 12.8. The predicted molar refractivity (Wildman–Crippen MR) is 120 cm³/mol. The van der Waals surface area contributed by atoms with Gasteiger partial charge in [0, 0.05) is 19.7 Å². The molecule has 2 aromatic carbocycles. The van der Waals surface area contributed by atoms with Gasteiger partial charge in [0.25, 0.3) is 0 Å². The van der Waals surface area contributed by atoms with E-state index in [0.29, 0.717) is 31.1 Å². The first-order valence-corrected chi connectivity index (χ1v) is 11.0. The molecule has 2 aromatic rings. The van der Waals surface area contributed by atoms with E-state index in [1.54, 1.807) is 7.11 Å². The molecule has 31 heavy (non-hydrogen) atoms. The molecule has 2 aliphatic rings. The van der Waals surface area contributed by atoms with Crippen LogP contribution < -0.4 is 10.1 Å². The maximum Gasteiger partial charge on any atom is 0.238 e. The monoisotopic (exact) mass is 424 g/mol. The molecule has 6 nitrogen and oxygen atoms in total. The third-order valence-electron chi connectivity index (χ3n) is 6.29. The van der Waals surface area contributed by atoms with Gasteiger partial charge >= 0.3 is 0 Å². The first-order chi connectivity index (χ1) is 15.1. The zero-order valence-electron chi connectivity index (χ0n) is 18.4. The van der Waals surface area contributed by atoms with Crippen molar-refractivity contribution < 1.29 is 19.0 Å². The smallest absolute Gasteiger partial charge is 0.238 e. The van der Waals surface area contributed by atoms with Gasteiger partial charge in [0.05, 0.1) is 37.7 Å². The number of carbonyl (C=O) groups is 1. The van der Waals surface area contributed by atoms with Crippen molar-refractivity contribution in [2.75, 3.05) is 38.7 Å². The number of piperidine rings is 1. The number of anilines is 1. The highest BCUT2D eigenvalue weighted by Crippen LogP contribution is 2.38. The fraction of sp³-hybridized carbons (Fsp3) is 0.480. The fourth-order valence-electron chi connectivity index (χ4n) is 4.60. The Labute approximate surface area is 184 Å².